The van der Waals surface area contributed by atoms with Gasteiger partial charge in [0.25, 0.3) is 0 Å². The van der Waals surface area contributed by atoms with Crippen LogP contribution < -0.4 is 10.6 Å². The summed E-state index contributed by atoms with van der Waals surface area (Å²) in [5, 5.41) is 25.8. The molecule has 0 radical (unpaired) electrons. The highest BCUT2D eigenvalue weighted by molar-refractivity contribution is 6.18. The molecule has 0 aliphatic rings. The lowest BCUT2D eigenvalue weighted by Crippen LogP contribution is -2.43. The normalized spacial score (nSPS) is 12.9. The Bertz CT molecular complexity index is 600. The Balaban J connectivity index is -0.000000389. The molecular weight excluding hydrogens is 682 g/mol. The first-order valence-corrected chi connectivity index (χ1v) is 21.1. The molecule has 0 bridgehead atoms. The van der Waals surface area contributed by atoms with Crippen LogP contribution >= 0.6 is 48.0 Å². The molecule has 2 unspecified atom stereocenters. The van der Waals surface area contributed by atoms with E-state index in [1.54, 1.807) is 0 Å². The molecule has 48 heavy (non-hydrogen) atoms. The van der Waals surface area contributed by atoms with Crippen molar-refractivity contribution < 1.29 is 10.2 Å². The third-order valence-corrected chi connectivity index (χ3v) is 10.0. The third kappa shape index (κ3) is 45.0. The SMILES string of the molecule is CCCCCCCCCCCCCC(C)(C)NCC(O)CCl.CCCCCCCCCCCCCCCC(C)(C)NCC(O)CCl.Cl.Cl. The van der Waals surface area contributed by atoms with Gasteiger partial charge in [-0.1, -0.05) is 168 Å². The number of aliphatic hydroxyl groups excluding tert-OH is 2. The van der Waals surface area contributed by atoms with Crippen molar-refractivity contribution in [1.82, 2.24) is 10.6 Å². The second kappa shape index (κ2) is 40.8. The molecule has 2 atom stereocenters. The van der Waals surface area contributed by atoms with Crippen LogP contribution in [0.5, 0.6) is 0 Å². The summed E-state index contributed by atoms with van der Waals surface area (Å²) in [4.78, 5) is 0. The molecule has 0 fully saturated rings. The van der Waals surface area contributed by atoms with Gasteiger partial charge >= 0.3 is 0 Å². The fourth-order valence-electron chi connectivity index (χ4n) is 5.89. The molecule has 0 aliphatic carbocycles. The summed E-state index contributed by atoms with van der Waals surface area (Å²) in [5.41, 5.74) is 0.205. The first-order valence-electron chi connectivity index (χ1n) is 20.0. The van der Waals surface area contributed by atoms with E-state index in [0.717, 1.165) is 0 Å². The van der Waals surface area contributed by atoms with Gasteiger partial charge in [0.1, 0.15) is 0 Å². The molecule has 4 N–H and O–H groups in total. The summed E-state index contributed by atoms with van der Waals surface area (Å²) < 4.78 is 0. The number of rotatable bonds is 34. The monoisotopic (exact) mass is 767 g/mol. The fraction of sp³-hybridized carbons (Fsp3) is 1.00. The number of aliphatic hydroxyl groups is 2. The standard InChI is InChI=1S/C21H44ClNO.C19H40ClNO.2ClH/c1-4-5-6-7-8-9-10-11-12-13-14-15-16-17-21(2,3)23-19-20(24)18-22;1-4-5-6-7-8-9-10-11-12-13-14-15-19(2,3)21-17-18(22)16-20;;/h20,23-24H,4-19H2,1-3H3;18,21-22H,4-17H2,1-3H3;2*1H. The minimum Gasteiger partial charge on any atom is -0.391 e. The smallest absolute Gasteiger partial charge is 0.0799 e. The molecule has 0 amide bonds. The number of unbranched alkanes of at least 4 members (excludes halogenated alkanes) is 22. The minimum atomic E-state index is -0.433. The van der Waals surface area contributed by atoms with E-state index >= 15 is 0 Å². The predicted molar refractivity (Wildman–Crippen MR) is 224 cm³/mol. The van der Waals surface area contributed by atoms with Crippen molar-refractivity contribution in [3.8, 4) is 0 Å². The zero-order chi connectivity index (χ0) is 34.8. The molecule has 0 aliphatic heterocycles. The molecule has 0 spiro atoms. The topological polar surface area (TPSA) is 64.5 Å². The number of nitrogens with one attached hydrogen (secondary N) is 2. The van der Waals surface area contributed by atoms with Crippen LogP contribution in [0, 0.1) is 0 Å². The van der Waals surface area contributed by atoms with Crippen molar-refractivity contribution in [1.29, 1.82) is 0 Å². The second-order valence-corrected chi connectivity index (χ2v) is 16.0. The van der Waals surface area contributed by atoms with Gasteiger partial charge in [-0.3, -0.25) is 0 Å². The Labute approximate surface area is 324 Å². The number of halogens is 4. The maximum Gasteiger partial charge on any atom is 0.0799 e. The van der Waals surface area contributed by atoms with E-state index in [-0.39, 0.29) is 35.9 Å². The fourth-order valence-corrected chi connectivity index (χ4v) is 6.11. The Kier molecular flexibility index (Phi) is 47.3. The van der Waals surface area contributed by atoms with Gasteiger partial charge in [-0.15, -0.1) is 48.0 Å². The van der Waals surface area contributed by atoms with Crippen molar-refractivity contribution in [3.63, 3.8) is 0 Å². The molecule has 0 heterocycles. The van der Waals surface area contributed by atoms with Crippen LogP contribution in [0.1, 0.15) is 208 Å². The van der Waals surface area contributed by atoms with Gasteiger partial charge in [0.05, 0.1) is 12.2 Å². The van der Waals surface area contributed by atoms with E-state index in [4.69, 9.17) is 23.2 Å². The van der Waals surface area contributed by atoms with Crippen molar-refractivity contribution in [2.75, 3.05) is 24.8 Å². The molecule has 0 saturated heterocycles. The third-order valence-electron chi connectivity index (χ3n) is 9.30. The Hall–Kier alpha value is 1.00. The van der Waals surface area contributed by atoms with Gasteiger partial charge in [-0.05, 0) is 40.5 Å². The van der Waals surface area contributed by atoms with Gasteiger partial charge in [-0.25, -0.2) is 0 Å². The van der Waals surface area contributed by atoms with Crippen LogP contribution in [-0.4, -0.2) is 58.3 Å². The summed E-state index contributed by atoms with van der Waals surface area (Å²) in [7, 11) is 0. The molecule has 296 valence electrons. The number of hydrogen-bond acceptors (Lipinski definition) is 4. The maximum atomic E-state index is 9.51. The van der Waals surface area contributed by atoms with Gasteiger partial charge in [0, 0.05) is 35.9 Å². The summed E-state index contributed by atoms with van der Waals surface area (Å²) in [6.07, 6.45) is 34.9. The van der Waals surface area contributed by atoms with E-state index in [0.29, 0.717) is 24.8 Å². The molecule has 4 nitrogen and oxygen atoms in total. The number of hydrogen-bond donors (Lipinski definition) is 4. The van der Waals surface area contributed by atoms with E-state index < -0.39 is 12.2 Å². The number of β-amino-alcohol motifs (C(OH)–C–C–N with tert-alkyl or cyclic N) is 2. The first kappa shape index (κ1) is 55.8. The largest absolute Gasteiger partial charge is 0.391 e. The average molecular weight is 769 g/mol. The Morgan fingerprint density at radius 3 is 0.833 bits per heavy atom. The highest BCUT2D eigenvalue weighted by atomic mass is 35.5. The lowest BCUT2D eigenvalue weighted by Gasteiger charge is -2.27. The van der Waals surface area contributed by atoms with Crippen LogP contribution in [0.25, 0.3) is 0 Å². The molecular formula is C40H86Cl4N2O2. The molecule has 0 aromatic rings. The van der Waals surface area contributed by atoms with Crippen LogP contribution in [0.2, 0.25) is 0 Å². The van der Waals surface area contributed by atoms with Gasteiger partial charge in [-0.2, -0.15) is 0 Å². The van der Waals surface area contributed by atoms with Crippen LogP contribution in [-0.2, 0) is 0 Å². The second-order valence-electron chi connectivity index (χ2n) is 15.4. The van der Waals surface area contributed by atoms with Crippen LogP contribution in [0.15, 0.2) is 0 Å². The predicted octanol–water partition coefficient (Wildman–Crippen LogP) is 12.9. The minimum absolute atomic E-state index is 0. The molecule has 0 rings (SSSR count). The Morgan fingerprint density at radius 1 is 0.417 bits per heavy atom. The number of alkyl halides is 2. The lowest BCUT2D eigenvalue weighted by molar-refractivity contribution is 0.176. The van der Waals surface area contributed by atoms with Crippen molar-refractivity contribution in [2.45, 2.75) is 232 Å². The molecule has 8 heteroatoms. The van der Waals surface area contributed by atoms with Crippen LogP contribution in [0.4, 0.5) is 0 Å². The molecule has 0 aromatic heterocycles. The average Bonchev–Trinajstić information content (AvgIpc) is 3.03. The summed E-state index contributed by atoms with van der Waals surface area (Å²) >= 11 is 11.2. The zero-order valence-electron chi connectivity index (χ0n) is 32.8. The first-order chi connectivity index (χ1) is 22.0. The maximum absolute atomic E-state index is 9.51. The van der Waals surface area contributed by atoms with E-state index in [1.807, 2.05) is 0 Å². The highest BCUT2D eigenvalue weighted by Crippen LogP contribution is 2.18. The van der Waals surface area contributed by atoms with Crippen molar-refractivity contribution in [2.24, 2.45) is 0 Å². The van der Waals surface area contributed by atoms with Gasteiger partial charge < -0.3 is 20.8 Å². The van der Waals surface area contributed by atoms with Gasteiger partial charge in [0.2, 0.25) is 0 Å². The highest BCUT2D eigenvalue weighted by Gasteiger charge is 2.18. The van der Waals surface area contributed by atoms with Gasteiger partial charge in [0.15, 0.2) is 0 Å². The molecule has 0 aromatic carbocycles. The van der Waals surface area contributed by atoms with E-state index in [9.17, 15) is 10.2 Å². The Morgan fingerprint density at radius 2 is 0.625 bits per heavy atom. The van der Waals surface area contributed by atoms with E-state index in [1.165, 1.54) is 167 Å². The van der Waals surface area contributed by atoms with Crippen molar-refractivity contribution in [3.05, 3.63) is 0 Å². The summed E-state index contributed by atoms with van der Waals surface area (Å²) in [5.74, 6) is 0.614. The lowest BCUT2D eigenvalue weighted by atomic mass is 9.95. The quantitative estimate of drug-likeness (QED) is 0.0389. The van der Waals surface area contributed by atoms with E-state index in [2.05, 4.69) is 52.2 Å². The van der Waals surface area contributed by atoms with Crippen molar-refractivity contribution >= 4 is 48.0 Å². The zero-order valence-corrected chi connectivity index (χ0v) is 36.0. The van der Waals surface area contributed by atoms with Crippen LogP contribution in [0.3, 0.4) is 0 Å². The molecule has 0 saturated carbocycles. The summed E-state index contributed by atoms with van der Waals surface area (Å²) in [6, 6.07) is 0. The summed E-state index contributed by atoms with van der Waals surface area (Å²) in [6.45, 7) is 14.6.